The van der Waals surface area contributed by atoms with E-state index in [4.69, 9.17) is 4.74 Å². The maximum atomic E-state index is 11.9. The van der Waals surface area contributed by atoms with Gasteiger partial charge in [0, 0.05) is 18.8 Å². The average Bonchev–Trinajstić information content (AvgIpc) is 2.94. The van der Waals surface area contributed by atoms with E-state index in [1.807, 2.05) is 52.4 Å². The van der Waals surface area contributed by atoms with Crippen LogP contribution in [0.3, 0.4) is 0 Å². The minimum atomic E-state index is -0.517. The molecule has 0 radical (unpaired) electrons. The normalized spacial score (nSPS) is 13.0. The maximum absolute atomic E-state index is 11.9. The Morgan fingerprint density at radius 1 is 1.43 bits per heavy atom. The lowest BCUT2D eigenvalue weighted by molar-refractivity contribution is 0.0506. The molecule has 0 saturated carbocycles. The van der Waals surface area contributed by atoms with Gasteiger partial charge in [-0.05, 0) is 34.6 Å². The zero-order chi connectivity index (χ0) is 17.2. The fourth-order valence-electron chi connectivity index (χ4n) is 2.37. The standard InChI is InChI=1S/C16H25N5O2/c1-11-13(8-20(6)19-11)9-21-10-17-7-14(21)12(2)18-15(22)23-16(3,4)5/h7-8,10,12H,9H2,1-6H3,(H,18,22)/t12-/m0/s1. The smallest absolute Gasteiger partial charge is 0.408 e. The molecule has 0 aliphatic rings. The quantitative estimate of drug-likeness (QED) is 0.940. The minimum absolute atomic E-state index is 0.204. The molecule has 1 amide bonds. The Morgan fingerprint density at radius 2 is 2.13 bits per heavy atom. The molecule has 0 aliphatic heterocycles. The second-order valence-corrected chi connectivity index (χ2v) is 6.73. The van der Waals surface area contributed by atoms with Gasteiger partial charge in [0.25, 0.3) is 0 Å². The van der Waals surface area contributed by atoms with Crippen LogP contribution in [-0.4, -0.2) is 31.0 Å². The number of imidazole rings is 1. The summed E-state index contributed by atoms with van der Waals surface area (Å²) in [5, 5.41) is 7.19. The van der Waals surface area contributed by atoms with Gasteiger partial charge in [0.15, 0.2) is 0 Å². The number of hydrogen-bond donors (Lipinski definition) is 1. The Balaban J connectivity index is 2.08. The van der Waals surface area contributed by atoms with E-state index in [1.54, 1.807) is 17.2 Å². The Bertz CT molecular complexity index is 681. The van der Waals surface area contributed by atoms with E-state index in [2.05, 4.69) is 15.4 Å². The molecule has 0 aliphatic carbocycles. The molecule has 1 N–H and O–H groups in total. The fraction of sp³-hybridized carbons (Fsp3) is 0.562. The van der Waals surface area contributed by atoms with Crippen LogP contribution in [0.2, 0.25) is 0 Å². The number of nitrogens with one attached hydrogen (secondary N) is 1. The number of rotatable bonds is 4. The fourth-order valence-corrected chi connectivity index (χ4v) is 2.37. The monoisotopic (exact) mass is 319 g/mol. The molecule has 2 aromatic heterocycles. The summed E-state index contributed by atoms with van der Waals surface area (Å²) in [4.78, 5) is 16.1. The lowest BCUT2D eigenvalue weighted by atomic mass is 10.2. The Kier molecular flexibility index (Phi) is 4.77. The van der Waals surface area contributed by atoms with Crippen LogP contribution >= 0.6 is 0 Å². The number of aryl methyl sites for hydroxylation is 2. The molecule has 2 aromatic rings. The summed E-state index contributed by atoms with van der Waals surface area (Å²) in [7, 11) is 1.90. The molecule has 23 heavy (non-hydrogen) atoms. The van der Waals surface area contributed by atoms with E-state index in [9.17, 15) is 4.79 Å². The molecule has 0 aromatic carbocycles. The second kappa shape index (κ2) is 6.44. The van der Waals surface area contributed by atoms with Crippen LogP contribution in [0.15, 0.2) is 18.7 Å². The van der Waals surface area contributed by atoms with E-state index < -0.39 is 11.7 Å². The van der Waals surface area contributed by atoms with Gasteiger partial charge >= 0.3 is 6.09 Å². The van der Waals surface area contributed by atoms with E-state index in [1.165, 1.54) is 0 Å². The lowest BCUT2D eigenvalue weighted by Crippen LogP contribution is -2.34. The molecule has 7 heteroatoms. The first-order chi connectivity index (χ1) is 10.7. The van der Waals surface area contributed by atoms with Crippen molar-refractivity contribution < 1.29 is 9.53 Å². The van der Waals surface area contributed by atoms with Crippen molar-refractivity contribution in [1.82, 2.24) is 24.6 Å². The topological polar surface area (TPSA) is 74.0 Å². The van der Waals surface area contributed by atoms with Gasteiger partial charge in [-0.2, -0.15) is 5.10 Å². The van der Waals surface area contributed by atoms with Gasteiger partial charge in [-0.25, -0.2) is 9.78 Å². The van der Waals surface area contributed by atoms with Gasteiger partial charge in [0.05, 0.1) is 36.5 Å². The number of hydrogen-bond acceptors (Lipinski definition) is 4. The predicted octanol–water partition coefficient (Wildman–Crippen LogP) is 2.56. The molecule has 126 valence electrons. The maximum Gasteiger partial charge on any atom is 0.408 e. The van der Waals surface area contributed by atoms with Gasteiger partial charge in [-0.1, -0.05) is 0 Å². The number of nitrogens with zero attached hydrogens (tertiary/aromatic N) is 4. The average molecular weight is 319 g/mol. The first-order valence-electron chi connectivity index (χ1n) is 7.64. The van der Waals surface area contributed by atoms with Crippen molar-refractivity contribution in [3.8, 4) is 0 Å². The van der Waals surface area contributed by atoms with E-state index in [0.29, 0.717) is 6.54 Å². The van der Waals surface area contributed by atoms with Gasteiger partial charge in [-0.3, -0.25) is 4.68 Å². The number of ether oxygens (including phenoxy) is 1. The first-order valence-corrected chi connectivity index (χ1v) is 7.64. The zero-order valence-electron chi connectivity index (χ0n) is 14.6. The Labute approximate surface area is 136 Å². The molecule has 0 fully saturated rings. The number of amides is 1. The SMILES string of the molecule is Cc1nn(C)cc1Cn1cncc1[C@H](C)NC(=O)OC(C)(C)C. The first kappa shape index (κ1) is 17.1. The molecule has 2 rings (SSSR count). The van der Waals surface area contributed by atoms with Crippen LogP contribution in [0.1, 0.15) is 50.7 Å². The molecule has 1 atom stereocenters. The van der Waals surface area contributed by atoms with Gasteiger partial charge < -0.3 is 14.6 Å². The van der Waals surface area contributed by atoms with Crippen LogP contribution < -0.4 is 5.32 Å². The Morgan fingerprint density at radius 3 is 2.70 bits per heavy atom. The van der Waals surface area contributed by atoms with Crippen molar-refractivity contribution in [1.29, 1.82) is 0 Å². The van der Waals surface area contributed by atoms with Crippen LogP contribution in [-0.2, 0) is 18.3 Å². The summed E-state index contributed by atoms with van der Waals surface area (Å²) in [5.74, 6) is 0. The van der Waals surface area contributed by atoms with E-state index >= 15 is 0 Å². The molecule has 0 spiro atoms. The predicted molar refractivity (Wildman–Crippen MR) is 87.1 cm³/mol. The third-order valence-electron chi connectivity index (χ3n) is 3.38. The summed E-state index contributed by atoms with van der Waals surface area (Å²) in [6.07, 6.45) is 5.07. The summed E-state index contributed by atoms with van der Waals surface area (Å²) >= 11 is 0. The van der Waals surface area contributed by atoms with Gasteiger partial charge in [0.1, 0.15) is 5.60 Å². The van der Waals surface area contributed by atoms with Crippen LogP contribution in [0.5, 0.6) is 0 Å². The van der Waals surface area contributed by atoms with Crippen molar-refractivity contribution in [3.05, 3.63) is 35.7 Å². The third kappa shape index (κ3) is 4.58. The molecule has 0 saturated heterocycles. The molecular weight excluding hydrogens is 294 g/mol. The van der Waals surface area contributed by atoms with Crippen LogP contribution in [0.4, 0.5) is 4.79 Å². The summed E-state index contributed by atoms with van der Waals surface area (Å²) in [6.45, 7) is 10.1. The van der Waals surface area contributed by atoms with Crippen molar-refractivity contribution in [2.45, 2.75) is 52.8 Å². The number of alkyl carbamates (subject to hydrolysis) is 1. The van der Waals surface area contributed by atoms with Gasteiger partial charge in [-0.15, -0.1) is 0 Å². The van der Waals surface area contributed by atoms with E-state index in [0.717, 1.165) is 17.0 Å². The van der Waals surface area contributed by atoms with Crippen molar-refractivity contribution in [3.63, 3.8) is 0 Å². The highest BCUT2D eigenvalue weighted by Gasteiger charge is 2.20. The molecule has 0 unspecified atom stereocenters. The second-order valence-electron chi connectivity index (χ2n) is 6.73. The highest BCUT2D eigenvalue weighted by atomic mass is 16.6. The molecule has 0 bridgehead atoms. The van der Waals surface area contributed by atoms with Crippen LogP contribution in [0, 0.1) is 6.92 Å². The molecular formula is C16H25N5O2. The summed E-state index contributed by atoms with van der Waals surface area (Å²) in [6, 6.07) is -0.204. The Hall–Kier alpha value is -2.31. The molecule has 2 heterocycles. The summed E-state index contributed by atoms with van der Waals surface area (Å²) in [5.41, 5.74) is 2.51. The van der Waals surface area contributed by atoms with Gasteiger partial charge in [0.2, 0.25) is 0 Å². The number of carbonyl (C=O) groups excluding carboxylic acids is 1. The minimum Gasteiger partial charge on any atom is -0.444 e. The van der Waals surface area contributed by atoms with Crippen molar-refractivity contribution in [2.24, 2.45) is 7.05 Å². The van der Waals surface area contributed by atoms with Crippen molar-refractivity contribution in [2.75, 3.05) is 0 Å². The largest absolute Gasteiger partial charge is 0.444 e. The number of aromatic nitrogens is 4. The van der Waals surface area contributed by atoms with Crippen LogP contribution in [0.25, 0.3) is 0 Å². The summed E-state index contributed by atoms with van der Waals surface area (Å²) < 4.78 is 9.10. The lowest BCUT2D eigenvalue weighted by Gasteiger charge is -2.22. The number of carbonyl (C=O) groups is 1. The highest BCUT2D eigenvalue weighted by molar-refractivity contribution is 5.68. The van der Waals surface area contributed by atoms with E-state index in [-0.39, 0.29) is 6.04 Å². The van der Waals surface area contributed by atoms with Crippen molar-refractivity contribution >= 4 is 6.09 Å². The molecule has 7 nitrogen and oxygen atoms in total. The highest BCUT2D eigenvalue weighted by Crippen LogP contribution is 2.16. The zero-order valence-corrected chi connectivity index (χ0v) is 14.6. The third-order valence-corrected chi connectivity index (χ3v) is 3.38.